The lowest BCUT2D eigenvalue weighted by Crippen LogP contribution is -2.59. The maximum Gasteiger partial charge on any atom is 0.410 e. The number of likely N-dealkylation sites (N-methyl/N-ethyl adjacent to an activating group) is 1. The first kappa shape index (κ1) is 16.6. The van der Waals surface area contributed by atoms with E-state index in [0.29, 0.717) is 0 Å². The molecule has 0 N–H and O–H groups in total. The number of amides is 1. The lowest BCUT2D eigenvalue weighted by Gasteiger charge is -2.49. The van der Waals surface area contributed by atoms with Crippen molar-refractivity contribution >= 4 is 6.09 Å². The second kappa shape index (κ2) is 6.13. The Morgan fingerprint density at radius 3 is 2.48 bits per heavy atom. The van der Waals surface area contributed by atoms with Crippen molar-refractivity contribution in [3.8, 4) is 0 Å². The molecule has 1 spiro atoms. The van der Waals surface area contributed by atoms with Gasteiger partial charge in [0, 0.05) is 26.2 Å². The molecule has 0 radical (unpaired) electrons. The van der Waals surface area contributed by atoms with Crippen LogP contribution in [0.25, 0.3) is 0 Å². The van der Waals surface area contributed by atoms with Gasteiger partial charge in [0.15, 0.2) is 0 Å². The first-order valence-electron chi connectivity index (χ1n) is 8.11. The van der Waals surface area contributed by atoms with E-state index in [4.69, 9.17) is 9.47 Å². The van der Waals surface area contributed by atoms with Gasteiger partial charge in [0.2, 0.25) is 0 Å². The van der Waals surface area contributed by atoms with Gasteiger partial charge in [-0.05, 0) is 47.1 Å². The van der Waals surface area contributed by atoms with Crippen LogP contribution in [-0.4, -0.2) is 65.9 Å². The summed E-state index contributed by atoms with van der Waals surface area (Å²) in [7, 11) is 0. The molecule has 5 nitrogen and oxygen atoms in total. The molecule has 0 aliphatic carbocycles. The van der Waals surface area contributed by atoms with Gasteiger partial charge in [-0.15, -0.1) is 0 Å². The minimum Gasteiger partial charge on any atom is -0.444 e. The molecule has 0 aromatic heterocycles. The number of hydrogen-bond donors (Lipinski definition) is 0. The Balaban J connectivity index is 1.91. The van der Waals surface area contributed by atoms with Gasteiger partial charge in [-0.25, -0.2) is 4.79 Å². The predicted octanol–water partition coefficient (Wildman–Crippen LogP) is 2.50. The van der Waals surface area contributed by atoms with Crippen LogP contribution in [0, 0.1) is 0 Å². The molecule has 2 aliphatic heterocycles. The third kappa shape index (κ3) is 4.33. The van der Waals surface area contributed by atoms with Crippen molar-refractivity contribution in [1.82, 2.24) is 9.80 Å². The van der Waals surface area contributed by atoms with E-state index >= 15 is 0 Å². The van der Waals surface area contributed by atoms with E-state index in [1.165, 1.54) is 0 Å². The summed E-state index contributed by atoms with van der Waals surface area (Å²) in [5, 5.41) is 0. The van der Waals surface area contributed by atoms with Gasteiger partial charge >= 0.3 is 6.09 Å². The van der Waals surface area contributed by atoms with Crippen LogP contribution in [0.15, 0.2) is 0 Å². The summed E-state index contributed by atoms with van der Waals surface area (Å²) in [6, 6.07) is 0. The van der Waals surface area contributed by atoms with Gasteiger partial charge in [-0.2, -0.15) is 0 Å². The Morgan fingerprint density at radius 2 is 1.95 bits per heavy atom. The number of ether oxygens (including phenoxy) is 2. The monoisotopic (exact) mass is 298 g/mol. The zero-order valence-electron chi connectivity index (χ0n) is 14.1. The third-order valence-electron chi connectivity index (χ3n) is 4.25. The highest BCUT2D eigenvalue weighted by Gasteiger charge is 2.42. The molecule has 2 rings (SSSR count). The molecule has 2 saturated heterocycles. The summed E-state index contributed by atoms with van der Waals surface area (Å²) >= 11 is 0. The molecule has 0 aromatic rings. The molecule has 2 heterocycles. The van der Waals surface area contributed by atoms with Crippen LogP contribution in [-0.2, 0) is 9.47 Å². The van der Waals surface area contributed by atoms with Crippen molar-refractivity contribution in [3.05, 3.63) is 0 Å². The summed E-state index contributed by atoms with van der Waals surface area (Å²) in [5.41, 5.74) is -0.507. The fourth-order valence-corrected chi connectivity index (χ4v) is 3.28. The van der Waals surface area contributed by atoms with Crippen LogP contribution in [0.3, 0.4) is 0 Å². The van der Waals surface area contributed by atoms with Crippen LogP contribution in [0.1, 0.15) is 47.5 Å². The van der Waals surface area contributed by atoms with Crippen molar-refractivity contribution < 1.29 is 14.3 Å². The fraction of sp³-hybridized carbons (Fsp3) is 0.938. The lowest BCUT2D eigenvalue weighted by molar-refractivity contribution is -0.167. The van der Waals surface area contributed by atoms with Crippen LogP contribution < -0.4 is 0 Å². The highest BCUT2D eigenvalue weighted by atomic mass is 16.6. The number of carbonyl (C=O) groups excluding carboxylic acids is 1. The maximum atomic E-state index is 12.1. The minimum atomic E-state index is -0.429. The van der Waals surface area contributed by atoms with E-state index in [1.807, 2.05) is 25.7 Å². The van der Waals surface area contributed by atoms with Crippen molar-refractivity contribution in [2.75, 3.05) is 32.7 Å². The topological polar surface area (TPSA) is 42.0 Å². The quantitative estimate of drug-likeness (QED) is 0.746. The normalized spacial score (nSPS) is 26.9. The van der Waals surface area contributed by atoms with Crippen LogP contribution in [0.5, 0.6) is 0 Å². The number of carbonyl (C=O) groups is 1. The van der Waals surface area contributed by atoms with Gasteiger partial charge in [-0.1, -0.05) is 6.92 Å². The average molecular weight is 298 g/mol. The first-order chi connectivity index (χ1) is 9.73. The van der Waals surface area contributed by atoms with E-state index in [0.717, 1.165) is 45.6 Å². The molecular weight excluding hydrogens is 268 g/mol. The molecule has 2 aliphatic rings. The van der Waals surface area contributed by atoms with Crippen LogP contribution in [0.2, 0.25) is 0 Å². The second-order valence-electron chi connectivity index (χ2n) is 7.41. The zero-order chi connectivity index (χ0) is 15.7. The number of morpholine rings is 1. The van der Waals surface area contributed by atoms with Gasteiger partial charge < -0.3 is 14.4 Å². The second-order valence-corrected chi connectivity index (χ2v) is 7.41. The molecule has 5 heteroatoms. The van der Waals surface area contributed by atoms with Crippen molar-refractivity contribution in [2.45, 2.75) is 64.8 Å². The van der Waals surface area contributed by atoms with E-state index in [1.54, 1.807) is 0 Å². The molecular formula is C16H30N2O3. The molecule has 0 aromatic carbocycles. The fourth-order valence-electron chi connectivity index (χ4n) is 3.28. The summed E-state index contributed by atoms with van der Waals surface area (Å²) in [5.74, 6) is 0. The third-order valence-corrected chi connectivity index (χ3v) is 4.25. The molecule has 2 fully saturated rings. The van der Waals surface area contributed by atoms with Crippen molar-refractivity contribution in [3.63, 3.8) is 0 Å². The number of rotatable bonds is 1. The lowest BCUT2D eigenvalue weighted by atomic mass is 9.88. The molecule has 122 valence electrons. The molecule has 0 bridgehead atoms. The van der Waals surface area contributed by atoms with E-state index in [-0.39, 0.29) is 17.8 Å². The Bertz CT molecular complexity index is 370. The van der Waals surface area contributed by atoms with E-state index in [9.17, 15) is 4.79 Å². The Kier molecular flexibility index (Phi) is 4.83. The summed E-state index contributed by atoms with van der Waals surface area (Å²) in [4.78, 5) is 16.4. The average Bonchev–Trinajstić information content (AvgIpc) is 2.36. The SMILES string of the molecule is CCN1CC(C)OC2(CCN(C(=O)OC(C)(C)C)CC2)C1. The number of piperidine rings is 1. The highest BCUT2D eigenvalue weighted by Crippen LogP contribution is 2.32. The highest BCUT2D eigenvalue weighted by molar-refractivity contribution is 5.68. The number of hydrogen-bond acceptors (Lipinski definition) is 4. The van der Waals surface area contributed by atoms with Crippen molar-refractivity contribution in [2.24, 2.45) is 0 Å². The number of likely N-dealkylation sites (tertiary alicyclic amines) is 1. The van der Waals surface area contributed by atoms with E-state index < -0.39 is 5.60 Å². The predicted molar refractivity (Wildman–Crippen MR) is 82.4 cm³/mol. The van der Waals surface area contributed by atoms with Crippen LogP contribution in [0.4, 0.5) is 4.79 Å². The van der Waals surface area contributed by atoms with Crippen molar-refractivity contribution in [1.29, 1.82) is 0 Å². The molecule has 1 amide bonds. The van der Waals surface area contributed by atoms with Gasteiger partial charge in [-0.3, -0.25) is 4.90 Å². The van der Waals surface area contributed by atoms with Crippen LogP contribution >= 0.6 is 0 Å². The van der Waals surface area contributed by atoms with Gasteiger partial charge in [0.1, 0.15) is 5.60 Å². The summed E-state index contributed by atoms with van der Waals surface area (Å²) in [6.45, 7) is 14.5. The smallest absolute Gasteiger partial charge is 0.410 e. The Labute approximate surface area is 128 Å². The first-order valence-corrected chi connectivity index (χ1v) is 8.11. The minimum absolute atomic E-state index is 0.0772. The molecule has 1 unspecified atom stereocenters. The van der Waals surface area contributed by atoms with E-state index in [2.05, 4.69) is 18.7 Å². The standard InChI is InChI=1S/C16H30N2O3/c1-6-17-11-13(2)20-16(12-17)7-9-18(10-8-16)14(19)21-15(3,4)5/h13H,6-12H2,1-5H3. The molecule has 21 heavy (non-hydrogen) atoms. The number of nitrogens with zero attached hydrogens (tertiary/aromatic N) is 2. The summed E-state index contributed by atoms with van der Waals surface area (Å²) in [6.07, 6.45) is 1.86. The maximum absolute atomic E-state index is 12.1. The molecule has 1 atom stereocenters. The zero-order valence-corrected chi connectivity index (χ0v) is 14.1. The molecule has 0 saturated carbocycles. The van der Waals surface area contributed by atoms with Gasteiger partial charge in [0.05, 0.1) is 11.7 Å². The van der Waals surface area contributed by atoms with Gasteiger partial charge in [0.25, 0.3) is 0 Å². The summed E-state index contributed by atoms with van der Waals surface area (Å²) < 4.78 is 11.7. The Hall–Kier alpha value is -0.810. The Morgan fingerprint density at radius 1 is 1.33 bits per heavy atom. The largest absolute Gasteiger partial charge is 0.444 e.